The Bertz CT molecular complexity index is 552. The standard InChI is InChI=1S/C11H9Cl2F3N2O3/c12-6-1-2-7(13)8(3-6)17-10(21)18(4-9(19)20)5-11(14,15)16/h1-3H,4-5H2,(H,17,21)(H,19,20). The number of nitrogens with zero attached hydrogens (tertiary/aromatic N) is 1. The number of carbonyl (C=O) groups is 2. The van der Waals surface area contributed by atoms with Crippen molar-refractivity contribution in [1.29, 1.82) is 0 Å². The maximum atomic E-state index is 12.3. The number of carbonyl (C=O) groups excluding carboxylic acids is 1. The molecule has 0 aromatic heterocycles. The van der Waals surface area contributed by atoms with Gasteiger partial charge in [0.25, 0.3) is 0 Å². The van der Waals surface area contributed by atoms with Crippen LogP contribution in [0.5, 0.6) is 0 Å². The fourth-order valence-electron chi connectivity index (χ4n) is 1.37. The van der Waals surface area contributed by atoms with Gasteiger partial charge in [-0.1, -0.05) is 23.2 Å². The van der Waals surface area contributed by atoms with E-state index in [9.17, 15) is 22.8 Å². The van der Waals surface area contributed by atoms with E-state index >= 15 is 0 Å². The number of anilines is 1. The van der Waals surface area contributed by atoms with Crippen LogP contribution in [0.3, 0.4) is 0 Å². The van der Waals surface area contributed by atoms with Crippen molar-refractivity contribution in [3.63, 3.8) is 0 Å². The van der Waals surface area contributed by atoms with Crippen LogP contribution in [-0.4, -0.2) is 41.3 Å². The highest BCUT2D eigenvalue weighted by Crippen LogP contribution is 2.26. The highest BCUT2D eigenvalue weighted by Gasteiger charge is 2.34. The molecule has 0 aliphatic rings. The van der Waals surface area contributed by atoms with Gasteiger partial charge in [-0.2, -0.15) is 13.2 Å². The van der Waals surface area contributed by atoms with Crippen LogP contribution in [0, 0.1) is 0 Å². The third-order valence-electron chi connectivity index (χ3n) is 2.15. The van der Waals surface area contributed by atoms with Crippen LogP contribution in [0.15, 0.2) is 18.2 Å². The summed E-state index contributed by atoms with van der Waals surface area (Å²) in [4.78, 5) is 22.4. The summed E-state index contributed by atoms with van der Waals surface area (Å²) < 4.78 is 37.0. The Morgan fingerprint density at radius 1 is 1.29 bits per heavy atom. The molecule has 1 aromatic carbocycles. The normalized spacial score (nSPS) is 11.1. The Hall–Kier alpha value is -1.67. The predicted molar refractivity (Wildman–Crippen MR) is 70.7 cm³/mol. The molecule has 2 N–H and O–H groups in total. The van der Waals surface area contributed by atoms with Gasteiger partial charge in [-0.3, -0.25) is 4.79 Å². The Morgan fingerprint density at radius 2 is 1.90 bits per heavy atom. The summed E-state index contributed by atoms with van der Waals surface area (Å²) in [5.74, 6) is -1.58. The third kappa shape index (κ3) is 6.09. The first-order valence-corrected chi connectivity index (χ1v) is 6.13. The maximum Gasteiger partial charge on any atom is 0.406 e. The number of hydrogen-bond acceptors (Lipinski definition) is 2. The van der Waals surface area contributed by atoms with Gasteiger partial charge in [0.05, 0.1) is 10.7 Å². The minimum absolute atomic E-state index is 0.0215. The van der Waals surface area contributed by atoms with Crippen LogP contribution in [0.2, 0.25) is 10.0 Å². The van der Waals surface area contributed by atoms with E-state index in [1.165, 1.54) is 18.2 Å². The van der Waals surface area contributed by atoms with Crippen LogP contribution in [0.1, 0.15) is 0 Å². The summed E-state index contributed by atoms with van der Waals surface area (Å²) >= 11 is 11.4. The molecule has 0 radical (unpaired) electrons. The van der Waals surface area contributed by atoms with E-state index in [0.29, 0.717) is 0 Å². The summed E-state index contributed by atoms with van der Waals surface area (Å²) in [6, 6.07) is 2.74. The lowest BCUT2D eigenvalue weighted by molar-refractivity contribution is -0.148. The number of rotatable bonds is 4. The smallest absolute Gasteiger partial charge is 0.406 e. The largest absolute Gasteiger partial charge is 0.480 e. The molecule has 1 rings (SSSR count). The number of urea groups is 1. The molecule has 0 aliphatic heterocycles. The van der Waals surface area contributed by atoms with Gasteiger partial charge in [-0.15, -0.1) is 0 Å². The highest BCUT2D eigenvalue weighted by atomic mass is 35.5. The Morgan fingerprint density at radius 3 is 2.43 bits per heavy atom. The minimum atomic E-state index is -4.73. The number of nitrogens with one attached hydrogen (secondary N) is 1. The molecule has 21 heavy (non-hydrogen) atoms. The van der Waals surface area contributed by atoms with E-state index in [4.69, 9.17) is 28.3 Å². The number of hydrogen-bond donors (Lipinski definition) is 2. The first-order chi connectivity index (χ1) is 9.58. The Balaban J connectivity index is 2.89. The Kier molecular flexibility index (Phi) is 5.68. The molecular formula is C11H9Cl2F3N2O3. The van der Waals surface area contributed by atoms with E-state index in [0.717, 1.165) is 0 Å². The second-order valence-corrected chi connectivity index (χ2v) is 4.76. The zero-order valence-corrected chi connectivity index (χ0v) is 11.8. The van der Waals surface area contributed by atoms with Gasteiger partial charge in [-0.25, -0.2) is 4.79 Å². The first-order valence-electron chi connectivity index (χ1n) is 5.38. The van der Waals surface area contributed by atoms with Crippen molar-refractivity contribution in [2.75, 3.05) is 18.4 Å². The first kappa shape index (κ1) is 17.4. The van der Waals surface area contributed by atoms with Gasteiger partial charge in [0, 0.05) is 5.02 Å². The van der Waals surface area contributed by atoms with Crippen LogP contribution >= 0.6 is 23.2 Å². The maximum absolute atomic E-state index is 12.3. The molecule has 0 bridgehead atoms. The average molecular weight is 345 g/mol. The molecule has 1 aromatic rings. The van der Waals surface area contributed by atoms with Crippen molar-refractivity contribution < 1.29 is 27.9 Å². The Labute approximate surface area is 127 Å². The van der Waals surface area contributed by atoms with Gasteiger partial charge in [-0.05, 0) is 18.2 Å². The summed E-state index contributed by atoms with van der Waals surface area (Å²) in [6.07, 6.45) is -4.73. The van der Waals surface area contributed by atoms with E-state index < -0.39 is 31.3 Å². The quantitative estimate of drug-likeness (QED) is 0.878. The molecule has 0 aliphatic carbocycles. The van der Waals surface area contributed by atoms with E-state index in [1.54, 1.807) is 0 Å². The van der Waals surface area contributed by atoms with Crippen molar-refractivity contribution >= 4 is 40.9 Å². The summed E-state index contributed by atoms with van der Waals surface area (Å²) in [6.45, 7) is -2.81. The number of amides is 2. The number of carboxylic acid groups (broad SMARTS) is 1. The predicted octanol–water partition coefficient (Wildman–Crippen LogP) is 3.47. The van der Waals surface area contributed by atoms with Crippen LogP contribution in [0.4, 0.5) is 23.7 Å². The number of benzene rings is 1. The van der Waals surface area contributed by atoms with Crippen molar-refractivity contribution in [1.82, 2.24) is 4.90 Å². The molecule has 5 nitrogen and oxygen atoms in total. The lowest BCUT2D eigenvalue weighted by Crippen LogP contribution is -2.44. The van der Waals surface area contributed by atoms with Gasteiger partial charge in [0.1, 0.15) is 13.1 Å². The third-order valence-corrected chi connectivity index (χ3v) is 2.72. The van der Waals surface area contributed by atoms with Gasteiger partial charge in [0.15, 0.2) is 0 Å². The topological polar surface area (TPSA) is 69.6 Å². The van der Waals surface area contributed by atoms with Gasteiger partial charge < -0.3 is 15.3 Å². The molecule has 0 atom stereocenters. The van der Waals surface area contributed by atoms with Crippen LogP contribution in [-0.2, 0) is 4.79 Å². The van der Waals surface area contributed by atoms with Crippen molar-refractivity contribution in [3.8, 4) is 0 Å². The summed E-state index contributed by atoms with van der Waals surface area (Å²) in [7, 11) is 0. The van der Waals surface area contributed by atoms with Crippen molar-refractivity contribution in [2.45, 2.75) is 6.18 Å². The van der Waals surface area contributed by atoms with Crippen molar-refractivity contribution in [2.24, 2.45) is 0 Å². The number of carboxylic acids is 1. The molecule has 0 unspecified atom stereocenters. The molecule has 116 valence electrons. The SMILES string of the molecule is O=C(O)CN(CC(F)(F)F)C(=O)Nc1cc(Cl)ccc1Cl. The second-order valence-electron chi connectivity index (χ2n) is 3.92. The zero-order valence-electron chi connectivity index (χ0n) is 10.2. The second kappa shape index (κ2) is 6.86. The molecule has 10 heteroatoms. The highest BCUT2D eigenvalue weighted by molar-refractivity contribution is 6.35. The summed E-state index contributed by atoms with van der Waals surface area (Å²) in [5, 5.41) is 10.9. The molecule has 0 saturated heterocycles. The molecule has 0 fully saturated rings. The van der Waals surface area contributed by atoms with E-state index in [2.05, 4.69) is 5.32 Å². The molecule has 0 saturated carbocycles. The molecular weight excluding hydrogens is 336 g/mol. The van der Waals surface area contributed by atoms with E-state index in [-0.39, 0.29) is 20.6 Å². The lowest BCUT2D eigenvalue weighted by atomic mass is 10.3. The summed E-state index contributed by atoms with van der Waals surface area (Å²) in [5.41, 5.74) is -0.0215. The van der Waals surface area contributed by atoms with Gasteiger partial charge in [0.2, 0.25) is 0 Å². The monoisotopic (exact) mass is 344 g/mol. The van der Waals surface area contributed by atoms with Crippen molar-refractivity contribution in [3.05, 3.63) is 28.2 Å². The van der Waals surface area contributed by atoms with Crippen LogP contribution in [0.25, 0.3) is 0 Å². The van der Waals surface area contributed by atoms with Gasteiger partial charge >= 0.3 is 18.2 Å². The fourth-order valence-corrected chi connectivity index (χ4v) is 1.70. The van der Waals surface area contributed by atoms with Crippen LogP contribution < -0.4 is 5.32 Å². The zero-order chi connectivity index (χ0) is 16.2. The lowest BCUT2D eigenvalue weighted by Gasteiger charge is -2.22. The minimum Gasteiger partial charge on any atom is -0.480 e. The number of alkyl halides is 3. The molecule has 2 amide bonds. The number of aliphatic carboxylic acids is 1. The number of halogens is 5. The average Bonchev–Trinajstić information content (AvgIpc) is 2.30. The molecule has 0 spiro atoms. The fraction of sp³-hybridized carbons (Fsp3) is 0.273. The molecule has 0 heterocycles. The van der Waals surface area contributed by atoms with E-state index in [1.807, 2.05) is 0 Å².